The Labute approximate surface area is 215 Å². The maximum absolute atomic E-state index is 13.5. The van der Waals surface area contributed by atoms with Crippen LogP contribution in [0.4, 0.5) is 4.79 Å². The van der Waals surface area contributed by atoms with Gasteiger partial charge in [-0.25, -0.2) is 9.78 Å². The Morgan fingerprint density at radius 3 is 2.69 bits per heavy atom. The molecule has 198 valence electrons. The number of amides is 3. The van der Waals surface area contributed by atoms with Gasteiger partial charge in [-0.1, -0.05) is 38.0 Å². The van der Waals surface area contributed by atoms with Crippen molar-refractivity contribution in [2.75, 3.05) is 47.4 Å². The third kappa shape index (κ3) is 7.34. The van der Waals surface area contributed by atoms with Gasteiger partial charge in [0, 0.05) is 37.3 Å². The summed E-state index contributed by atoms with van der Waals surface area (Å²) in [6, 6.07) is 1.44. The van der Waals surface area contributed by atoms with Crippen molar-refractivity contribution < 1.29 is 19.4 Å². The number of hydrogen-bond acceptors (Lipinski definition) is 6. The molecule has 3 rings (SSSR count). The molecule has 0 unspecified atom stereocenters. The predicted octanol–water partition coefficient (Wildman–Crippen LogP) is 2.19. The summed E-state index contributed by atoms with van der Waals surface area (Å²) >= 11 is 0. The number of nitrogens with zero attached hydrogens (tertiary/aromatic N) is 4. The number of fused-ring (bicyclic) bond motifs is 1. The SMILES string of the molecule is C[C@H](CO)N1C[C@H](C)[C@H](CN(C)C(=O)NC2CCCCC2)Oc2ncc(C#CCN(C)C)cc2C1=O. The van der Waals surface area contributed by atoms with Gasteiger partial charge in [0.1, 0.15) is 11.7 Å². The highest BCUT2D eigenvalue weighted by atomic mass is 16.5. The fourth-order valence-electron chi connectivity index (χ4n) is 4.57. The Hall–Kier alpha value is -2.83. The summed E-state index contributed by atoms with van der Waals surface area (Å²) in [5, 5.41) is 13.0. The molecular weight excluding hydrogens is 458 g/mol. The second-order valence-corrected chi connectivity index (χ2v) is 10.4. The second-order valence-electron chi connectivity index (χ2n) is 10.4. The van der Waals surface area contributed by atoms with E-state index in [1.165, 1.54) is 6.42 Å². The zero-order chi connectivity index (χ0) is 26.2. The number of carbonyl (C=O) groups is 2. The Morgan fingerprint density at radius 1 is 1.31 bits per heavy atom. The summed E-state index contributed by atoms with van der Waals surface area (Å²) < 4.78 is 6.29. The Bertz CT molecular complexity index is 967. The summed E-state index contributed by atoms with van der Waals surface area (Å²) in [5.41, 5.74) is 0.941. The standard InChI is InChI=1S/C27H41N5O4/c1-19-16-32(20(2)18-33)26(34)23-14-21(10-9-13-30(3)4)15-28-25(23)36-24(19)17-31(5)27(35)29-22-11-7-6-8-12-22/h14-15,19-20,22,24,33H,6-8,11-13,16-18H2,1-5H3,(H,29,35)/t19-,20+,24-/m0/s1. The number of aromatic nitrogens is 1. The van der Waals surface area contributed by atoms with Crippen LogP contribution < -0.4 is 10.1 Å². The number of ether oxygens (including phenoxy) is 1. The first kappa shape index (κ1) is 27.8. The molecule has 0 spiro atoms. The van der Waals surface area contributed by atoms with Crippen molar-refractivity contribution in [3.63, 3.8) is 0 Å². The molecule has 1 aliphatic heterocycles. The Morgan fingerprint density at radius 2 is 2.03 bits per heavy atom. The highest BCUT2D eigenvalue weighted by Gasteiger charge is 2.35. The average Bonchev–Trinajstić information content (AvgIpc) is 2.86. The Balaban J connectivity index is 1.83. The molecule has 1 aromatic rings. The van der Waals surface area contributed by atoms with Crippen molar-refractivity contribution in [2.24, 2.45) is 5.92 Å². The number of likely N-dealkylation sites (N-methyl/N-ethyl adjacent to an activating group) is 1. The third-order valence-corrected chi connectivity index (χ3v) is 6.88. The van der Waals surface area contributed by atoms with Crippen LogP contribution in [0, 0.1) is 17.8 Å². The molecule has 1 aromatic heterocycles. The lowest BCUT2D eigenvalue weighted by atomic mass is 9.96. The van der Waals surface area contributed by atoms with Crippen LogP contribution in [-0.2, 0) is 0 Å². The van der Waals surface area contributed by atoms with E-state index < -0.39 is 0 Å². The number of pyridine rings is 1. The van der Waals surface area contributed by atoms with Crippen molar-refractivity contribution in [3.8, 4) is 17.7 Å². The summed E-state index contributed by atoms with van der Waals surface area (Å²) in [5.74, 6) is 6.00. The summed E-state index contributed by atoms with van der Waals surface area (Å²) in [7, 11) is 5.64. The molecule has 9 heteroatoms. The number of aliphatic hydroxyl groups is 1. The molecule has 2 aliphatic rings. The molecule has 0 bridgehead atoms. The molecule has 3 amide bonds. The van der Waals surface area contributed by atoms with Crippen molar-refractivity contribution in [3.05, 3.63) is 23.4 Å². The number of rotatable bonds is 6. The van der Waals surface area contributed by atoms with E-state index in [1.54, 1.807) is 29.1 Å². The molecule has 2 heterocycles. The quantitative estimate of drug-likeness (QED) is 0.583. The Kier molecular flexibility index (Phi) is 9.97. The van der Waals surface area contributed by atoms with Gasteiger partial charge in [0.05, 0.1) is 25.7 Å². The highest BCUT2D eigenvalue weighted by molar-refractivity contribution is 5.97. The molecule has 0 radical (unpaired) electrons. The average molecular weight is 500 g/mol. The van der Waals surface area contributed by atoms with Gasteiger partial charge < -0.3 is 25.0 Å². The fraction of sp³-hybridized carbons (Fsp3) is 0.667. The third-order valence-electron chi connectivity index (χ3n) is 6.88. The maximum Gasteiger partial charge on any atom is 0.317 e. The number of aliphatic hydroxyl groups excluding tert-OH is 1. The zero-order valence-electron chi connectivity index (χ0n) is 22.3. The first-order valence-electron chi connectivity index (χ1n) is 12.9. The lowest BCUT2D eigenvalue weighted by Gasteiger charge is -2.38. The topological polar surface area (TPSA) is 98.2 Å². The van der Waals surface area contributed by atoms with E-state index in [9.17, 15) is 14.7 Å². The molecule has 36 heavy (non-hydrogen) atoms. The molecule has 0 aromatic carbocycles. The van der Waals surface area contributed by atoms with Crippen LogP contribution in [0.1, 0.15) is 61.9 Å². The van der Waals surface area contributed by atoms with Crippen LogP contribution in [0.5, 0.6) is 5.88 Å². The first-order chi connectivity index (χ1) is 17.2. The summed E-state index contributed by atoms with van der Waals surface area (Å²) in [6.45, 7) is 4.98. The largest absolute Gasteiger partial charge is 0.472 e. The minimum Gasteiger partial charge on any atom is -0.472 e. The van der Waals surface area contributed by atoms with Gasteiger partial charge in [-0.3, -0.25) is 9.69 Å². The van der Waals surface area contributed by atoms with Crippen LogP contribution in [0.2, 0.25) is 0 Å². The fourth-order valence-corrected chi connectivity index (χ4v) is 4.57. The van der Waals surface area contributed by atoms with Gasteiger partial charge in [0.2, 0.25) is 5.88 Å². The lowest BCUT2D eigenvalue weighted by Crippen LogP contribution is -2.52. The monoisotopic (exact) mass is 499 g/mol. The number of urea groups is 1. The van der Waals surface area contributed by atoms with Crippen LogP contribution in [-0.4, -0.2) is 102 Å². The molecule has 9 nitrogen and oxygen atoms in total. The van der Waals surface area contributed by atoms with Crippen LogP contribution in [0.25, 0.3) is 0 Å². The zero-order valence-corrected chi connectivity index (χ0v) is 22.3. The van der Waals surface area contributed by atoms with Gasteiger partial charge in [-0.15, -0.1) is 0 Å². The second kappa shape index (κ2) is 12.9. The van der Waals surface area contributed by atoms with E-state index >= 15 is 0 Å². The van der Waals surface area contributed by atoms with Gasteiger partial charge >= 0.3 is 6.03 Å². The van der Waals surface area contributed by atoms with Crippen molar-refractivity contribution in [2.45, 2.75) is 64.1 Å². The number of hydrogen-bond donors (Lipinski definition) is 2. The molecular formula is C27H41N5O4. The van der Waals surface area contributed by atoms with E-state index in [1.807, 2.05) is 32.8 Å². The smallest absolute Gasteiger partial charge is 0.317 e. The minimum absolute atomic E-state index is 0.0950. The molecule has 0 saturated heterocycles. The highest BCUT2D eigenvalue weighted by Crippen LogP contribution is 2.27. The van der Waals surface area contributed by atoms with Crippen LogP contribution in [0.3, 0.4) is 0 Å². The van der Waals surface area contributed by atoms with Crippen molar-refractivity contribution in [1.82, 2.24) is 25.0 Å². The molecule has 1 fully saturated rings. The summed E-state index contributed by atoms with van der Waals surface area (Å²) in [4.78, 5) is 36.1. The normalized spacial score (nSPS) is 21.4. The van der Waals surface area contributed by atoms with E-state index in [4.69, 9.17) is 4.74 Å². The van der Waals surface area contributed by atoms with Crippen molar-refractivity contribution in [1.29, 1.82) is 0 Å². The molecule has 1 saturated carbocycles. The van der Waals surface area contributed by atoms with E-state index in [-0.39, 0.29) is 48.5 Å². The minimum atomic E-state index is -0.384. The van der Waals surface area contributed by atoms with Crippen LogP contribution >= 0.6 is 0 Å². The number of carbonyl (C=O) groups excluding carboxylic acids is 2. The summed E-state index contributed by atoms with van der Waals surface area (Å²) in [6.07, 6.45) is 6.78. The van der Waals surface area contributed by atoms with Crippen molar-refractivity contribution >= 4 is 11.9 Å². The van der Waals surface area contributed by atoms with Gasteiger partial charge in [0.25, 0.3) is 5.91 Å². The molecule has 2 N–H and O–H groups in total. The maximum atomic E-state index is 13.5. The lowest BCUT2D eigenvalue weighted by molar-refractivity contribution is 0.0351. The van der Waals surface area contributed by atoms with Crippen LogP contribution in [0.15, 0.2) is 12.3 Å². The van der Waals surface area contributed by atoms with Gasteiger partial charge in [-0.05, 0) is 39.9 Å². The number of nitrogens with one attached hydrogen (secondary N) is 1. The molecule has 1 aliphatic carbocycles. The van der Waals surface area contributed by atoms with E-state index in [0.717, 1.165) is 25.7 Å². The van der Waals surface area contributed by atoms with Gasteiger partial charge in [-0.2, -0.15) is 0 Å². The molecule has 3 atom stereocenters. The predicted molar refractivity (Wildman–Crippen MR) is 139 cm³/mol. The van der Waals surface area contributed by atoms with E-state index in [0.29, 0.717) is 30.8 Å². The first-order valence-corrected chi connectivity index (χ1v) is 12.9. The van der Waals surface area contributed by atoms with Gasteiger partial charge in [0.15, 0.2) is 0 Å². The van der Waals surface area contributed by atoms with E-state index in [2.05, 4.69) is 22.1 Å².